The molecule has 3 rings (SSSR count). The van der Waals surface area contributed by atoms with E-state index in [0.717, 1.165) is 35.2 Å². The summed E-state index contributed by atoms with van der Waals surface area (Å²) in [5.41, 5.74) is 2.67. The van der Waals surface area contributed by atoms with Crippen molar-refractivity contribution in [1.29, 1.82) is 0 Å². The van der Waals surface area contributed by atoms with Crippen LogP contribution in [0.5, 0.6) is 5.75 Å². The molecule has 0 aliphatic carbocycles. The fourth-order valence-corrected chi connectivity index (χ4v) is 2.88. The number of hydrogen-bond donors (Lipinski definition) is 3. The minimum absolute atomic E-state index is 0.00823. The third-order valence-corrected chi connectivity index (χ3v) is 4.26. The van der Waals surface area contributed by atoms with Gasteiger partial charge in [-0.2, -0.15) is 0 Å². The van der Waals surface area contributed by atoms with Crippen LogP contribution in [0.1, 0.15) is 6.92 Å². The first-order valence-electron chi connectivity index (χ1n) is 8.65. The van der Waals surface area contributed by atoms with Crippen LogP contribution in [-0.2, 0) is 6.54 Å². The quantitative estimate of drug-likeness (QED) is 0.602. The summed E-state index contributed by atoms with van der Waals surface area (Å²) in [7, 11) is 4.07. The minimum atomic E-state index is -0.129. The molecule has 0 saturated carbocycles. The van der Waals surface area contributed by atoms with Crippen molar-refractivity contribution in [3.63, 3.8) is 0 Å². The van der Waals surface area contributed by atoms with E-state index in [2.05, 4.69) is 24.8 Å². The molecule has 0 aliphatic rings. The first-order chi connectivity index (χ1) is 12.5. The zero-order chi connectivity index (χ0) is 18.7. The minimum Gasteiger partial charge on any atom is -0.508 e. The van der Waals surface area contributed by atoms with Crippen LogP contribution in [0, 0.1) is 0 Å². The van der Waals surface area contributed by atoms with Gasteiger partial charge >= 0.3 is 0 Å². The van der Waals surface area contributed by atoms with Crippen molar-refractivity contribution >= 4 is 16.9 Å². The Balaban J connectivity index is 2.17. The van der Waals surface area contributed by atoms with E-state index in [9.17, 15) is 10.2 Å². The smallest absolute Gasteiger partial charge is 0.146 e. The molecule has 7 nitrogen and oxygen atoms in total. The predicted molar refractivity (Wildman–Crippen MR) is 103 cm³/mol. The van der Waals surface area contributed by atoms with E-state index in [-0.39, 0.29) is 18.4 Å². The molecule has 0 aliphatic heterocycles. The molecule has 0 saturated heterocycles. The number of likely N-dealkylation sites (N-methyl/N-ethyl adjacent to an activating group) is 1. The Labute approximate surface area is 152 Å². The van der Waals surface area contributed by atoms with Crippen LogP contribution < -0.4 is 5.32 Å². The maximum absolute atomic E-state index is 9.89. The molecule has 0 spiro atoms. The summed E-state index contributed by atoms with van der Waals surface area (Å²) in [4.78, 5) is 11.0. The lowest BCUT2D eigenvalue weighted by atomic mass is 10.1. The van der Waals surface area contributed by atoms with Gasteiger partial charge in [0.05, 0.1) is 12.0 Å². The van der Waals surface area contributed by atoms with E-state index >= 15 is 0 Å². The van der Waals surface area contributed by atoms with Gasteiger partial charge in [-0.05, 0) is 38.7 Å². The monoisotopic (exact) mass is 355 g/mol. The Hall–Kier alpha value is -2.64. The molecule has 0 bridgehead atoms. The van der Waals surface area contributed by atoms with E-state index < -0.39 is 0 Å². The lowest BCUT2D eigenvalue weighted by molar-refractivity contribution is 0.281. The van der Waals surface area contributed by atoms with Crippen LogP contribution >= 0.6 is 0 Å². The Morgan fingerprint density at radius 3 is 2.77 bits per heavy atom. The zero-order valence-electron chi connectivity index (χ0n) is 15.3. The number of benzene rings is 1. The Morgan fingerprint density at radius 1 is 1.27 bits per heavy atom. The number of anilines is 1. The standard InChI is InChI=1S/C19H25N5O2/c1-13(11-25)22-18-17-16(14-5-4-6-15(26)9-14)10-24(8-7-23(2)3)19(17)21-12-20-18/h4-6,9-10,12-13,25-26H,7-8,11H2,1-3H3,(H,20,21,22)/t13-/m0/s1. The molecule has 1 atom stereocenters. The number of rotatable bonds is 7. The fourth-order valence-electron chi connectivity index (χ4n) is 2.88. The highest BCUT2D eigenvalue weighted by Crippen LogP contribution is 2.35. The number of aliphatic hydroxyl groups is 1. The predicted octanol–water partition coefficient (Wildman–Crippen LogP) is 2.16. The summed E-state index contributed by atoms with van der Waals surface area (Å²) in [5.74, 6) is 0.894. The molecule has 0 radical (unpaired) electrons. The van der Waals surface area contributed by atoms with Crippen LogP contribution in [0.3, 0.4) is 0 Å². The topological polar surface area (TPSA) is 86.4 Å². The van der Waals surface area contributed by atoms with Crippen LogP contribution in [0.15, 0.2) is 36.8 Å². The Morgan fingerprint density at radius 2 is 2.08 bits per heavy atom. The summed E-state index contributed by atoms with van der Waals surface area (Å²) in [6.07, 6.45) is 3.58. The van der Waals surface area contributed by atoms with Crippen molar-refractivity contribution in [3.05, 3.63) is 36.8 Å². The second kappa shape index (κ2) is 7.72. The highest BCUT2D eigenvalue weighted by Gasteiger charge is 2.17. The van der Waals surface area contributed by atoms with E-state index in [4.69, 9.17) is 0 Å². The van der Waals surface area contributed by atoms with Crippen molar-refractivity contribution in [2.24, 2.45) is 0 Å². The van der Waals surface area contributed by atoms with Crippen LogP contribution in [0.4, 0.5) is 5.82 Å². The first-order valence-corrected chi connectivity index (χ1v) is 8.65. The highest BCUT2D eigenvalue weighted by atomic mass is 16.3. The fraction of sp³-hybridized carbons (Fsp3) is 0.368. The molecule has 3 N–H and O–H groups in total. The SMILES string of the molecule is C[C@@H](CO)Nc1ncnc2c1c(-c1cccc(O)c1)cn2CCN(C)C. The van der Waals surface area contributed by atoms with Gasteiger partial charge in [0.25, 0.3) is 0 Å². The van der Waals surface area contributed by atoms with Gasteiger partial charge in [0.15, 0.2) is 0 Å². The Bertz CT molecular complexity index is 891. The molecular weight excluding hydrogens is 330 g/mol. The Kier molecular flexibility index (Phi) is 5.39. The second-order valence-corrected chi connectivity index (χ2v) is 6.74. The van der Waals surface area contributed by atoms with E-state index in [1.54, 1.807) is 12.1 Å². The van der Waals surface area contributed by atoms with Gasteiger partial charge in [0.1, 0.15) is 23.5 Å². The van der Waals surface area contributed by atoms with Crippen LogP contribution in [-0.4, -0.2) is 62.9 Å². The molecular formula is C19H25N5O2. The van der Waals surface area contributed by atoms with Gasteiger partial charge in [0.2, 0.25) is 0 Å². The van der Waals surface area contributed by atoms with Gasteiger partial charge in [-0.25, -0.2) is 9.97 Å². The van der Waals surface area contributed by atoms with E-state index in [1.165, 1.54) is 6.33 Å². The summed E-state index contributed by atoms with van der Waals surface area (Å²) < 4.78 is 2.10. The van der Waals surface area contributed by atoms with Crippen molar-refractivity contribution in [2.45, 2.75) is 19.5 Å². The van der Waals surface area contributed by atoms with Crippen molar-refractivity contribution in [1.82, 2.24) is 19.4 Å². The maximum atomic E-state index is 9.89. The van der Waals surface area contributed by atoms with Gasteiger partial charge in [-0.1, -0.05) is 12.1 Å². The number of nitrogens with zero attached hydrogens (tertiary/aromatic N) is 4. The summed E-state index contributed by atoms with van der Waals surface area (Å²) in [6.45, 7) is 3.57. The molecule has 7 heteroatoms. The molecule has 138 valence electrons. The molecule has 3 aromatic rings. The number of aromatic hydroxyl groups is 1. The summed E-state index contributed by atoms with van der Waals surface area (Å²) >= 11 is 0. The lowest BCUT2D eigenvalue weighted by Gasteiger charge is -2.13. The number of aromatic nitrogens is 3. The molecule has 0 fully saturated rings. The number of hydrogen-bond acceptors (Lipinski definition) is 6. The molecule has 26 heavy (non-hydrogen) atoms. The molecule has 2 heterocycles. The maximum Gasteiger partial charge on any atom is 0.146 e. The van der Waals surface area contributed by atoms with E-state index in [0.29, 0.717) is 5.82 Å². The average molecular weight is 355 g/mol. The molecule has 0 unspecified atom stereocenters. The van der Waals surface area contributed by atoms with E-state index in [1.807, 2.05) is 39.3 Å². The molecule has 2 aromatic heterocycles. The van der Waals surface area contributed by atoms with Crippen molar-refractivity contribution in [3.8, 4) is 16.9 Å². The number of phenols is 1. The second-order valence-electron chi connectivity index (χ2n) is 6.74. The number of aliphatic hydroxyl groups excluding tert-OH is 1. The van der Waals surface area contributed by atoms with Crippen LogP contribution in [0.25, 0.3) is 22.2 Å². The van der Waals surface area contributed by atoms with Gasteiger partial charge in [-0.15, -0.1) is 0 Å². The van der Waals surface area contributed by atoms with Gasteiger partial charge in [-0.3, -0.25) is 0 Å². The van der Waals surface area contributed by atoms with Crippen molar-refractivity contribution in [2.75, 3.05) is 32.6 Å². The lowest BCUT2D eigenvalue weighted by Crippen LogP contribution is -2.20. The first kappa shape index (κ1) is 18.2. The summed E-state index contributed by atoms with van der Waals surface area (Å²) in [6, 6.07) is 7.03. The summed E-state index contributed by atoms with van der Waals surface area (Å²) in [5, 5.41) is 23.4. The largest absolute Gasteiger partial charge is 0.508 e. The van der Waals surface area contributed by atoms with Crippen molar-refractivity contribution < 1.29 is 10.2 Å². The zero-order valence-corrected chi connectivity index (χ0v) is 15.3. The third kappa shape index (κ3) is 3.79. The number of fused-ring (bicyclic) bond motifs is 1. The van der Waals surface area contributed by atoms with Gasteiger partial charge < -0.3 is 25.0 Å². The van der Waals surface area contributed by atoms with Crippen LogP contribution in [0.2, 0.25) is 0 Å². The normalized spacial score (nSPS) is 12.7. The average Bonchev–Trinajstić information content (AvgIpc) is 2.99. The third-order valence-electron chi connectivity index (χ3n) is 4.26. The highest BCUT2D eigenvalue weighted by molar-refractivity contribution is 6.01. The molecule has 0 amide bonds. The molecule has 1 aromatic carbocycles. The number of nitrogens with one attached hydrogen (secondary N) is 1. The van der Waals surface area contributed by atoms with Gasteiger partial charge in [0, 0.05) is 30.9 Å². The number of phenolic OH excluding ortho intramolecular Hbond substituents is 1.